The topological polar surface area (TPSA) is 40.5 Å². The minimum Gasteiger partial charge on any atom is -0.481 e. The van der Waals surface area contributed by atoms with Gasteiger partial charge in [-0.1, -0.05) is 6.07 Å². The molecule has 0 bridgehead atoms. The molecule has 0 amide bonds. The Balaban J connectivity index is 2.16. The molecule has 3 nitrogen and oxygen atoms in total. The molecule has 1 unspecified atom stereocenters. The number of benzene rings is 1. The summed E-state index contributed by atoms with van der Waals surface area (Å²) in [5.41, 5.74) is 0.781. The Labute approximate surface area is 93.5 Å². The van der Waals surface area contributed by atoms with E-state index in [1.165, 1.54) is 12.1 Å². The molecule has 0 aromatic heterocycles. The Hall–Kier alpha value is -1.58. The number of halogens is 1. The van der Waals surface area contributed by atoms with E-state index in [9.17, 15) is 9.18 Å². The van der Waals surface area contributed by atoms with Gasteiger partial charge in [-0.3, -0.25) is 4.79 Å². The molecule has 1 heterocycles. The first-order valence-electron chi connectivity index (χ1n) is 5.41. The van der Waals surface area contributed by atoms with Gasteiger partial charge in [0, 0.05) is 18.3 Å². The lowest BCUT2D eigenvalue weighted by Crippen LogP contribution is -2.31. The van der Waals surface area contributed by atoms with Crippen LogP contribution in [0.4, 0.5) is 10.1 Å². The molecule has 0 saturated carbocycles. The van der Waals surface area contributed by atoms with E-state index in [0.717, 1.165) is 25.1 Å². The minimum absolute atomic E-state index is 0.000648. The van der Waals surface area contributed by atoms with Crippen molar-refractivity contribution in [3.63, 3.8) is 0 Å². The lowest BCUT2D eigenvalue weighted by atomic mass is 10.1. The van der Waals surface area contributed by atoms with E-state index in [1.807, 2.05) is 11.0 Å². The summed E-state index contributed by atoms with van der Waals surface area (Å²) in [5.74, 6) is -1.08. The fraction of sp³-hybridized carbons (Fsp3) is 0.417. The summed E-state index contributed by atoms with van der Waals surface area (Å²) in [6.07, 6.45) is 1.95. The zero-order valence-electron chi connectivity index (χ0n) is 8.90. The van der Waals surface area contributed by atoms with E-state index >= 15 is 0 Å². The first-order valence-corrected chi connectivity index (χ1v) is 5.41. The number of aliphatic carboxylic acids is 1. The van der Waals surface area contributed by atoms with Crippen molar-refractivity contribution in [2.75, 3.05) is 11.4 Å². The van der Waals surface area contributed by atoms with Gasteiger partial charge in [0.05, 0.1) is 6.42 Å². The molecule has 1 N–H and O–H groups in total. The van der Waals surface area contributed by atoms with Gasteiger partial charge in [-0.2, -0.15) is 0 Å². The summed E-state index contributed by atoms with van der Waals surface area (Å²) >= 11 is 0. The van der Waals surface area contributed by atoms with E-state index in [2.05, 4.69) is 0 Å². The second-order valence-electron chi connectivity index (χ2n) is 4.07. The van der Waals surface area contributed by atoms with Crippen molar-refractivity contribution >= 4 is 11.7 Å². The van der Waals surface area contributed by atoms with Crippen LogP contribution in [0.5, 0.6) is 0 Å². The van der Waals surface area contributed by atoms with Crippen LogP contribution in [0.1, 0.15) is 19.3 Å². The molecule has 2 rings (SSSR count). The molecule has 1 aromatic rings. The molecule has 0 spiro atoms. The number of carbonyl (C=O) groups is 1. The normalized spacial score (nSPS) is 20.1. The monoisotopic (exact) mass is 223 g/mol. The standard InChI is InChI=1S/C12H14FNO2/c13-9-3-1-4-10(7-9)14-6-2-5-11(14)8-12(15)16/h1,3-4,7,11H,2,5-6,8H2,(H,15,16). The van der Waals surface area contributed by atoms with Crippen molar-refractivity contribution in [1.82, 2.24) is 0 Å². The van der Waals surface area contributed by atoms with Gasteiger partial charge in [0.25, 0.3) is 0 Å². The number of rotatable bonds is 3. The van der Waals surface area contributed by atoms with Crippen LogP contribution >= 0.6 is 0 Å². The van der Waals surface area contributed by atoms with Crippen molar-refractivity contribution in [1.29, 1.82) is 0 Å². The highest BCUT2D eigenvalue weighted by Crippen LogP contribution is 2.27. The Bertz CT molecular complexity index is 394. The largest absolute Gasteiger partial charge is 0.481 e. The number of hydrogen-bond acceptors (Lipinski definition) is 2. The molecule has 4 heteroatoms. The van der Waals surface area contributed by atoms with Gasteiger partial charge in [0.2, 0.25) is 0 Å². The molecule has 1 fully saturated rings. The number of carboxylic acid groups (broad SMARTS) is 1. The van der Waals surface area contributed by atoms with Crippen LogP contribution in [-0.2, 0) is 4.79 Å². The van der Waals surface area contributed by atoms with Gasteiger partial charge in [-0.05, 0) is 31.0 Å². The highest BCUT2D eigenvalue weighted by Gasteiger charge is 2.26. The van der Waals surface area contributed by atoms with Gasteiger partial charge < -0.3 is 10.0 Å². The molecule has 0 aliphatic carbocycles. The average Bonchev–Trinajstić information content (AvgIpc) is 2.65. The first kappa shape index (κ1) is 10.9. The molecule has 1 aliphatic rings. The fourth-order valence-corrected chi connectivity index (χ4v) is 2.24. The number of nitrogens with zero attached hydrogens (tertiary/aromatic N) is 1. The zero-order chi connectivity index (χ0) is 11.5. The van der Waals surface area contributed by atoms with Gasteiger partial charge >= 0.3 is 5.97 Å². The third kappa shape index (κ3) is 2.32. The lowest BCUT2D eigenvalue weighted by molar-refractivity contribution is -0.137. The number of anilines is 1. The summed E-state index contributed by atoms with van der Waals surface area (Å²) < 4.78 is 13.1. The molecule has 0 radical (unpaired) electrons. The van der Waals surface area contributed by atoms with Gasteiger partial charge in [0.1, 0.15) is 5.82 Å². The predicted molar refractivity (Wildman–Crippen MR) is 59.0 cm³/mol. The smallest absolute Gasteiger partial charge is 0.305 e. The van der Waals surface area contributed by atoms with Crippen LogP contribution in [0.15, 0.2) is 24.3 Å². The van der Waals surface area contributed by atoms with Crippen molar-refractivity contribution in [3.8, 4) is 0 Å². The quantitative estimate of drug-likeness (QED) is 0.854. The Morgan fingerprint density at radius 3 is 3.06 bits per heavy atom. The molecule has 1 atom stereocenters. The molecular weight excluding hydrogens is 209 g/mol. The Kier molecular flexibility index (Phi) is 3.08. The van der Waals surface area contributed by atoms with E-state index in [4.69, 9.17) is 5.11 Å². The molecule has 1 aliphatic heterocycles. The van der Waals surface area contributed by atoms with Crippen molar-refractivity contribution in [2.24, 2.45) is 0 Å². The lowest BCUT2D eigenvalue weighted by Gasteiger charge is -2.25. The molecule has 86 valence electrons. The number of hydrogen-bond donors (Lipinski definition) is 1. The predicted octanol–water partition coefficient (Wildman–Crippen LogP) is 2.27. The summed E-state index contributed by atoms with van der Waals surface area (Å²) in [4.78, 5) is 12.7. The summed E-state index contributed by atoms with van der Waals surface area (Å²) in [6, 6.07) is 6.33. The van der Waals surface area contributed by atoms with Crippen molar-refractivity contribution in [3.05, 3.63) is 30.1 Å². The molecular formula is C12H14FNO2. The van der Waals surface area contributed by atoms with Crippen LogP contribution in [0.2, 0.25) is 0 Å². The van der Waals surface area contributed by atoms with Crippen molar-refractivity contribution in [2.45, 2.75) is 25.3 Å². The summed E-state index contributed by atoms with van der Waals surface area (Å²) in [6.45, 7) is 0.807. The maximum Gasteiger partial charge on any atom is 0.305 e. The maximum absolute atomic E-state index is 13.1. The van der Waals surface area contributed by atoms with Crippen LogP contribution in [-0.4, -0.2) is 23.7 Å². The highest BCUT2D eigenvalue weighted by molar-refractivity contribution is 5.68. The third-order valence-electron chi connectivity index (χ3n) is 2.93. The Morgan fingerprint density at radius 2 is 2.38 bits per heavy atom. The van der Waals surface area contributed by atoms with Crippen LogP contribution in [0.25, 0.3) is 0 Å². The summed E-state index contributed by atoms with van der Waals surface area (Å²) in [7, 11) is 0. The number of carboxylic acids is 1. The molecule has 16 heavy (non-hydrogen) atoms. The second-order valence-corrected chi connectivity index (χ2v) is 4.07. The van der Waals surface area contributed by atoms with Crippen LogP contribution in [0, 0.1) is 5.82 Å². The Morgan fingerprint density at radius 1 is 1.56 bits per heavy atom. The maximum atomic E-state index is 13.1. The summed E-state index contributed by atoms with van der Waals surface area (Å²) in [5, 5.41) is 8.79. The van der Waals surface area contributed by atoms with E-state index in [1.54, 1.807) is 6.07 Å². The first-order chi connectivity index (χ1) is 7.66. The van der Waals surface area contributed by atoms with E-state index in [-0.39, 0.29) is 18.3 Å². The van der Waals surface area contributed by atoms with Gasteiger partial charge in [-0.15, -0.1) is 0 Å². The average molecular weight is 223 g/mol. The van der Waals surface area contributed by atoms with Gasteiger partial charge in [-0.25, -0.2) is 4.39 Å². The van der Waals surface area contributed by atoms with E-state index in [0.29, 0.717) is 0 Å². The van der Waals surface area contributed by atoms with Crippen LogP contribution in [0.3, 0.4) is 0 Å². The van der Waals surface area contributed by atoms with E-state index < -0.39 is 5.97 Å². The zero-order valence-corrected chi connectivity index (χ0v) is 8.90. The third-order valence-corrected chi connectivity index (χ3v) is 2.93. The van der Waals surface area contributed by atoms with Crippen molar-refractivity contribution < 1.29 is 14.3 Å². The van der Waals surface area contributed by atoms with Crippen LogP contribution < -0.4 is 4.90 Å². The SMILES string of the molecule is O=C(O)CC1CCCN1c1cccc(F)c1. The molecule has 1 saturated heterocycles. The second kappa shape index (κ2) is 4.51. The minimum atomic E-state index is -0.798. The van der Waals surface area contributed by atoms with Gasteiger partial charge in [0.15, 0.2) is 0 Å². The molecule has 1 aromatic carbocycles. The fourth-order valence-electron chi connectivity index (χ4n) is 2.24. The highest BCUT2D eigenvalue weighted by atomic mass is 19.1.